The second-order valence-corrected chi connectivity index (χ2v) is 9.53. The molecule has 0 aliphatic heterocycles. The summed E-state index contributed by atoms with van der Waals surface area (Å²) in [6.07, 6.45) is 0. The van der Waals surface area contributed by atoms with Crippen molar-refractivity contribution in [1.82, 2.24) is 5.32 Å². The Morgan fingerprint density at radius 2 is 1.64 bits per heavy atom. The van der Waals surface area contributed by atoms with Crippen molar-refractivity contribution in [2.24, 2.45) is 0 Å². The van der Waals surface area contributed by atoms with Crippen molar-refractivity contribution in [3.05, 3.63) is 82.9 Å². The summed E-state index contributed by atoms with van der Waals surface area (Å²) in [5, 5.41) is 3.22. The van der Waals surface area contributed by atoms with Gasteiger partial charge < -0.3 is 14.8 Å². The summed E-state index contributed by atoms with van der Waals surface area (Å²) in [6.45, 7) is 1.61. The van der Waals surface area contributed by atoms with Crippen molar-refractivity contribution in [3.8, 4) is 11.5 Å². The van der Waals surface area contributed by atoms with Gasteiger partial charge in [0.15, 0.2) is 0 Å². The summed E-state index contributed by atoms with van der Waals surface area (Å²) in [5.74, 6) is 0.436. The number of sulfonamides is 1. The van der Waals surface area contributed by atoms with Crippen molar-refractivity contribution < 1.29 is 22.7 Å². The predicted molar refractivity (Wildman–Crippen MR) is 129 cm³/mol. The van der Waals surface area contributed by atoms with Gasteiger partial charge in [-0.1, -0.05) is 29.8 Å². The third kappa shape index (κ3) is 5.97. The van der Waals surface area contributed by atoms with E-state index < -0.39 is 22.5 Å². The molecule has 3 rings (SSSR count). The molecule has 1 amide bonds. The third-order valence-corrected chi connectivity index (χ3v) is 6.98. The highest BCUT2D eigenvalue weighted by molar-refractivity contribution is 7.93. The highest BCUT2D eigenvalue weighted by atomic mass is 35.5. The Morgan fingerprint density at radius 3 is 2.24 bits per heavy atom. The van der Waals surface area contributed by atoms with Gasteiger partial charge >= 0.3 is 0 Å². The number of nitrogens with one attached hydrogen (secondary N) is 1. The summed E-state index contributed by atoms with van der Waals surface area (Å²) in [7, 11) is -1.16. The molecule has 0 bridgehead atoms. The number of carbonyl (C=O) groups is 1. The SMILES string of the molecule is COc1ccc(CNC(=O)CN(c2ccc(Cl)cc2)S(=O)(=O)c2cc(C)ccc2OC)cc1. The molecule has 0 aromatic heterocycles. The molecule has 174 valence electrons. The van der Waals surface area contributed by atoms with Crippen molar-refractivity contribution in [3.63, 3.8) is 0 Å². The lowest BCUT2D eigenvalue weighted by Crippen LogP contribution is -2.40. The molecule has 1 N–H and O–H groups in total. The molecular weight excluding hydrogens is 464 g/mol. The molecule has 0 spiro atoms. The first-order valence-corrected chi connectivity index (χ1v) is 11.9. The maximum Gasteiger partial charge on any atom is 0.268 e. The second kappa shape index (κ2) is 10.6. The molecule has 33 heavy (non-hydrogen) atoms. The minimum Gasteiger partial charge on any atom is -0.497 e. The largest absolute Gasteiger partial charge is 0.497 e. The van der Waals surface area contributed by atoms with Crippen LogP contribution in [0.25, 0.3) is 0 Å². The molecule has 0 aliphatic carbocycles. The first kappa shape index (κ1) is 24.4. The van der Waals surface area contributed by atoms with Gasteiger partial charge in [0.25, 0.3) is 10.0 Å². The fraction of sp³-hybridized carbons (Fsp3) is 0.208. The molecule has 0 heterocycles. The lowest BCUT2D eigenvalue weighted by molar-refractivity contribution is -0.119. The minimum atomic E-state index is -4.13. The summed E-state index contributed by atoms with van der Waals surface area (Å²) < 4.78 is 38.8. The van der Waals surface area contributed by atoms with Crippen molar-refractivity contribution in [2.75, 3.05) is 25.1 Å². The first-order chi connectivity index (χ1) is 15.7. The topological polar surface area (TPSA) is 84.9 Å². The molecule has 0 unspecified atom stereocenters. The predicted octanol–water partition coefficient (Wildman–Crippen LogP) is 4.18. The van der Waals surface area contributed by atoms with Gasteiger partial charge in [0, 0.05) is 11.6 Å². The van der Waals surface area contributed by atoms with Crippen LogP contribution in [0.3, 0.4) is 0 Å². The van der Waals surface area contributed by atoms with E-state index in [1.165, 1.54) is 13.2 Å². The summed E-state index contributed by atoms with van der Waals surface area (Å²) in [4.78, 5) is 12.8. The van der Waals surface area contributed by atoms with E-state index in [4.69, 9.17) is 21.1 Å². The van der Waals surface area contributed by atoms with Crippen LogP contribution in [0.5, 0.6) is 11.5 Å². The van der Waals surface area contributed by atoms with E-state index in [2.05, 4.69) is 5.32 Å². The van der Waals surface area contributed by atoms with E-state index >= 15 is 0 Å². The Morgan fingerprint density at radius 1 is 0.970 bits per heavy atom. The number of aryl methyl sites for hydroxylation is 1. The number of benzene rings is 3. The third-order valence-electron chi connectivity index (χ3n) is 4.94. The van der Waals surface area contributed by atoms with Crippen LogP contribution in [0.4, 0.5) is 5.69 Å². The molecule has 0 radical (unpaired) electrons. The normalized spacial score (nSPS) is 11.0. The summed E-state index contributed by atoms with van der Waals surface area (Å²) in [5.41, 5.74) is 1.90. The monoisotopic (exact) mass is 488 g/mol. The molecule has 9 heteroatoms. The number of hydrogen-bond acceptors (Lipinski definition) is 5. The van der Waals surface area contributed by atoms with Crippen LogP contribution in [0.1, 0.15) is 11.1 Å². The van der Waals surface area contributed by atoms with Gasteiger partial charge in [-0.3, -0.25) is 9.10 Å². The van der Waals surface area contributed by atoms with E-state index in [0.717, 1.165) is 15.4 Å². The minimum absolute atomic E-state index is 0.0251. The quantitative estimate of drug-likeness (QED) is 0.488. The average Bonchev–Trinajstić information content (AvgIpc) is 2.82. The van der Waals surface area contributed by atoms with Gasteiger partial charge in [0.05, 0.1) is 19.9 Å². The van der Waals surface area contributed by atoms with E-state index in [1.54, 1.807) is 62.6 Å². The number of ether oxygens (including phenoxy) is 2. The highest BCUT2D eigenvalue weighted by Crippen LogP contribution is 2.31. The number of methoxy groups -OCH3 is 2. The van der Waals surface area contributed by atoms with Crippen molar-refractivity contribution >= 4 is 33.2 Å². The molecule has 3 aromatic rings. The number of nitrogens with zero attached hydrogens (tertiary/aromatic N) is 1. The van der Waals surface area contributed by atoms with E-state index in [1.807, 2.05) is 12.1 Å². The lowest BCUT2D eigenvalue weighted by atomic mass is 10.2. The van der Waals surface area contributed by atoms with Crippen LogP contribution in [0.2, 0.25) is 5.02 Å². The maximum absolute atomic E-state index is 13.6. The maximum atomic E-state index is 13.6. The second-order valence-electron chi connectivity index (χ2n) is 7.27. The zero-order chi connectivity index (χ0) is 24.0. The Kier molecular flexibility index (Phi) is 7.84. The Hall–Kier alpha value is -3.23. The van der Waals surface area contributed by atoms with Crippen LogP contribution in [-0.2, 0) is 21.4 Å². The standard InChI is InChI=1S/C24H25ClN2O5S/c1-17-4-13-22(32-3)23(14-17)33(29,30)27(20-9-7-19(25)8-10-20)16-24(28)26-15-18-5-11-21(31-2)12-6-18/h4-14H,15-16H2,1-3H3,(H,26,28). The van der Waals surface area contributed by atoms with Gasteiger partial charge in [0.1, 0.15) is 22.9 Å². The summed E-state index contributed by atoms with van der Waals surface area (Å²) >= 11 is 5.98. The fourth-order valence-electron chi connectivity index (χ4n) is 3.16. The number of anilines is 1. The summed E-state index contributed by atoms with van der Waals surface area (Å²) in [6, 6.07) is 18.3. The van der Waals surface area contributed by atoms with Gasteiger partial charge in [-0.2, -0.15) is 0 Å². The van der Waals surface area contributed by atoms with Gasteiger partial charge in [0.2, 0.25) is 5.91 Å². The smallest absolute Gasteiger partial charge is 0.268 e. The van der Waals surface area contributed by atoms with Crippen LogP contribution < -0.4 is 19.1 Å². The highest BCUT2D eigenvalue weighted by Gasteiger charge is 2.30. The molecule has 0 fully saturated rings. The molecule has 0 saturated heterocycles. The molecule has 0 saturated carbocycles. The fourth-order valence-corrected chi connectivity index (χ4v) is 4.95. The average molecular weight is 489 g/mol. The molecule has 0 aliphatic rings. The zero-order valence-corrected chi connectivity index (χ0v) is 20.1. The van der Waals surface area contributed by atoms with Crippen LogP contribution in [0.15, 0.2) is 71.6 Å². The Balaban J connectivity index is 1.89. The van der Waals surface area contributed by atoms with E-state index in [-0.39, 0.29) is 17.2 Å². The number of hydrogen-bond donors (Lipinski definition) is 1. The molecule has 0 atom stereocenters. The number of rotatable bonds is 9. The lowest BCUT2D eigenvalue weighted by Gasteiger charge is -2.25. The molecule has 7 nitrogen and oxygen atoms in total. The van der Waals surface area contributed by atoms with Crippen molar-refractivity contribution in [1.29, 1.82) is 0 Å². The van der Waals surface area contributed by atoms with Crippen LogP contribution in [-0.4, -0.2) is 35.1 Å². The number of amides is 1. The van der Waals surface area contributed by atoms with Gasteiger partial charge in [-0.25, -0.2) is 8.42 Å². The molecular formula is C24H25ClN2O5S. The zero-order valence-electron chi connectivity index (χ0n) is 18.5. The number of carbonyl (C=O) groups excluding carboxylic acids is 1. The first-order valence-electron chi connectivity index (χ1n) is 10.1. The van der Waals surface area contributed by atoms with E-state index in [0.29, 0.717) is 16.5 Å². The van der Waals surface area contributed by atoms with Gasteiger partial charge in [-0.05, 0) is 66.6 Å². The molecule has 3 aromatic carbocycles. The van der Waals surface area contributed by atoms with E-state index in [9.17, 15) is 13.2 Å². The Labute approximate surface area is 198 Å². The van der Waals surface area contributed by atoms with Crippen LogP contribution >= 0.6 is 11.6 Å². The Bertz CT molecular complexity index is 1210. The van der Waals surface area contributed by atoms with Crippen molar-refractivity contribution in [2.45, 2.75) is 18.4 Å². The van der Waals surface area contributed by atoms with Gasteiger partial charge in [-0.15, -0.1) is 0 Å². The number of halogens is 1. The van der Waals surface area contributed by atoms with Crippen LogP contribution in [0, 0.1) is 6.92 Å².